The lowest BCUT2D eigenvalue weighted by atomic mass is 10.0. The van der Waals surface area contributed by atoms with Crippen LogP contribution in [-0.4, -0.2) is 224 Å². The molecule has 0 saturated carbocycles. The van der Waals surface area contributed by atoms with Crippen LogP contribution in [0.25, 0.3) is 0 Å². The lowest BCUT2D eigenvalue weighted by Gasteiger charge is -2.30. The highest BCUT2D eigenvalue weighted by molar-refractivity contribution is 6.00. The summed E-state index contributed by atoms with van der Waals surface area (Å²) in [6.07, 6.45) is 12.2. The number of carboxylic acids is 1. The number of carbonyl (C=O) groups excluding carboxylic acids is 13. The molecule has 3 aliphatic rings. The molecule has 35 nitrogen and oxygen atoms in total. The van der Waals surface area contributed by atoms with E-state index in [0.29, 0.717) is 83.5 Å². The molecule has 27 N–H and O–H groups in total. The molecule has 110 heavy (non-hydrogen) atoms. The lowest BCUT2D eigenvalue weighted by molar-refractivity contribution is -0.143. The fourth-order valence-corrected chi connectivity index (χ4v) is 13.2. The van der Waals surface area contributed by atoms with E-state index in [1.165, 1.54) is 11.0 Å². The zero-order valence-corrected chi connectivity index (χ0v) is 65.5. The molecule has 13 amide bonds. The molecule has 35 heteroatoms. The minimum absolute atomic E-state index is 0.0210. The van der Waals surface area contributed by atoms with Gasteiger partial charge in [0.15, 0.2) is 0 Å². The summed E-state index contributed by atoms with van der Waals surface area (Å²) in [5.41, 5.74) is 41.7. The van der Waals surface area contributed by atoms with Crippen molar-refractivity contribution in [2.75, 3.05) is 52.4 Å². The van der Waals surface area contributed by atoms with Crippen molar-refractivity contribution in [3.05, 3.63) is 24.3 Å². The number of amides is 13. The summed E-state index contributed by atoms with van der Waals surface area (Å²) in [7, 11) is 0. The molecule has 0 aromatic carbocycles. The number of rotatable bonds is 37. The predicted molar refractivity (Wildman–Crippen MR) is 416 cm³/mol. The van der Waals surface area contributed by atoms with Crippen LogP contribution in [-0.2, 0) is 67.1 Å². The molecule has 0 unspecified atom stereocenters. The number of carbonyl (C=O) groups is 14. The quantitative estimate of drug-likeness (QED) is 0.0235. The fourth-order valence-electron chi connectivity index (χ4n) is 13.2. The van der Waals surface area contributed by atoms with Gasteiger partial charge in [-0.3, -0.25) is 62.3 Å². The van der Waals surface area contributed by atoms with Gasteiger partial charge in [0, 0.05) is 6.54 Å². The molecule has 2 bridgehead atoms. The second-order valence-corrected chi connectivity index (χ2v) is 29.8. The number of fused-ring (bicyclic) bond motifs is 6. The Hall–Kier alpha value is -8.22. The summed E-state index contributed by atoms with van der Waals surface area (Å²) in [5, 5.41) is 43.1. The van der Waals surface area contributed by atoms with Crippen molar-refractivity contribution in [3.8, 4) is 0 Å². The molecule has 1 fully saturated rings. The smallest absolute Gasteiger partial charge is 0.326 e. The average molecular weight is 1560 g/mol. The zero-order valence-electron chi connectivity index (χ0n) is 65.5. The Morgan fingerprint density at radius 2 is 0.936 bits per heavy atom. The summed E-state index contributed by atoms with van der Waals surface area (Å²) in [5.74, 6) is -11.5. The van der Waals surface area contributed by atoms with Gasteiger partial charge in [0.2, 0.25) is 76.8 Å². The van der Waals surface area contributed by atoms with Crippen LogP contribution in [0.4, 0.5) is 0 Å². The summed E-state index contributed by atoms with van der Waals surface area (Å²) < 4.78 is 0. The van der Waals surface area contributed by atoms with Crippen molar-refractivity contribution in [1.29, 1.82) is 0 Å². The second kappa shape index (κ2) is 54.4. The molecule has 0 radical (unpaired) electrons. The van der Waals surface area contributed by atoms with E-state index < -0.39 is 168 Å². The number of nitrogens with one attached hydrogen (secondary N) is 12. The van der Waals surface area contributed by atoms with Crippen LogP contribution in [0, 0.1) is 11.8 Å². The molecule has 3 aliphatic heterocycles. The van der Waals surface area contributed by atoms with Crippen molar-refractivity contribution in [3.63, 3.8) is 0 Å². The van der Waals surface area contributed by atoms with Gasteiger partial charge < -0.3 is 114 Å². The predicted octanol–water partition coefficient (Wildman–Crippen LogP) is -2.04. The number of nitrogens with two attached hydrogens (primary N) is 7. The minimum atomic E-state index is -1.49. The highest BCUT2D eigenvalue weighted by Crippen LogP contribution is 2.22. The maximum absolute atomic E-state index is 15.1. The lowest BCUT2D eigenvalue weighted by Crippen LogP contribution is -2.60. The van der Waals surface area contributed by atoms with Crippen LogP contribution >= 0.6 is 0 Å². The van der Waals surface area contributed by atoms with Crippen molar-refractivity contribution in [1.82, 2.24) is 68.7 Å². The van der Waals surface area contributed by atoms with Crippen LogP contribution in [0.2, 0.25) is 0 Å². The maximum Gasteiger partial charge on any atom is 0.326 e. The first-order valence-electron chi connectivity index (χ1n) is 40.0. The van der Waals surface area contributed by atoms with E-state index in [2.05, 4.69) is 63.8 Å². The van der Waals surface area contributed by atoms with Crippen molar-refractivity contribution in [2.24, 2.45) is 52.0 Å². The molecular formula is C75H134N20O15. The Morgan fingerprint density at radius 1 is 0.464 bits per heavy atom. The van der Waals surface area contributed by atoms with Crippen molar-refractivity contribution >= 4 is 82.8 Å². The molecule has 13 atom stereocenters. The third-order valence-corrected chi connectivity index (χ3v) is 19.5. The summed E-state index contributed by atoms with van der Waals surface area (Å²) in [6, 6.07) is -17.0. The van der Waals surface area contributed by atoms with Crippen LogP contribution in [0.3, 0.4) is 0 Å². The van der Waals surface area contributed by atoms with Gasteiger partial charge in [-0.1, -0.05) is 52.0 Å². The molecule has 3 heterocycles. The van der Waals surface area contributed by atoms with Gasteiger partial charge in [-0.15, -0.1) is 0 Å². The van der Waals surface area contributed by atoms with E-state index in [-0.39, 0.29) is 167 Å². The van der Waals surface area contributed by atoms with Gasteiger partial charge in [-0.05, 0) is 244 Å². The van der Waals surface area contributed by atoms with Crippen LogP contribution in [0.5, 0.6) is 0 Å². The van der Waals surface area contributed by atoms with Gasteiger partial charge in [-0.2, -0.15) is 0 Å². The number of aliphatic carboxylic acids is 1. The first-order chi connectivity index (χ1) is 52.6. The molecule has 624 valence electrons. The summed E-state index contributed by atoms with van der Waals surface area (Å²) in [6.45, 7) is 8.25. The summed E-state index contributed by atoms with van der Waals surface area (Å²) in [4.78, 5) is 204. The van der Waals surface area contributed by atoms with Gasteiger partial charge in [0.25, 0.3) is 0 Å². The topological polar surface area (TPSA) is 589 Å². The Morgan fingerprint density at radius 3 is 1.50 bits per heavy atom. The van der Waals surface area contributed by atoms with E-state index >= 15 is 24.0 Å². The normalized spacial score (nSPS) is 24.0. The van der Waals surface area contributed by atoms with Gasteiger partial charge >= 0.3 is 5.97 Å². The number of allylic oxidation sites excluding steroid dienone is 3. The standard InChI is InChI=1S/C75H134N20O15/c1-47(2)44-49(82)63(97)85-51(31-14-20-38-77)65(99)87-52-26-9-6-5-7-10-27-53(67(101)92-58(34-17-23-41-80)72(106)94-60(75(109)110)45-48(3)4)88-69(103)56(32-15-21-39-78)91-68(102)54-28-11-8-12-29-55(89-70(104)57(90-66(52)100)33-16-22-40-79)71(105)93-59(35-18-24-42-81)74(108)95-43-25-36-61(95)73(107)83-46-62(96)84-50(64(98)86-54)30-13-19-37-76/h5-6,8,12,47-61H,7,9-11,13-46,76-82H2,1-4H3,(H,83,107)(H,84,96)(H,85,97)(H,86,98)(H,87,99)(H,88,103)(H,89,104)(H,90,100)(H,91,102)(H,92,101)(H,93,105)(H,94,106)(H,109,110)/b6-5+,12-8-/t49-,50-,51-,52-,53-,54-,55-,56-,57-,58-,59-,60-,61+/m0/s1. The number of nitrogens with zero attached hydrogens (tertiary/aromatic N) is 1. The highest BCUT2D eigenvalue weighted by Gasteiger charge is 2.41. The Kier molecular flexibility index (Phi) is 47.5. The van der Waals surface area contributed by atoms with E-state index in [0.717, 1.165) is 0 Å². The Bertz CT molecular complexity index is 2980. The summed E-state index contributed by atoms with van der Waals surface area (Å²) >= 11 is 0. The van der Waals surface area contributed by atoms with E-state index in [9.17, 15) is 48.3 Å². The largest absolute Gasteiger partial charge is 0.480 e. The molecular weight excluding hydrogens is 1420 g/mol. The first kappa shape index (κ1) is 96.0. The van der Waals surface area contributed by atoms with Gasteiger partial charge in [-0.25, -0.2) is 4.79 Å². The first-order valence-corrected chi connectivity index (χ1v) is 40.0. The molecule has 0 aliphatic carbocycles. The van der Waals surface area contributed by atoms with E-state index in [1.54, 1.807) is 32.1 Å². The Labute approximate surface area is 648 Å². The highest BCUT2D eigenvalue weighted by atomic mass is 16.4. The molecule has 3 rings (SSSR count). The van der Waals surface area contributed by atoms with Crippen molar-refractivity contribution < 1.29 is 72.2 Å². The number of hydrogen-bond donors (Lipinski definition) is 20. The van der Waals surface area contributed by atoms with Crippen molar-refractivity contribution in [2.45, 2.75) is 299 Å². The molecule has 0 spiro atoms. The van der Waals surface area contributed by atoms with Gasteiger partial charge in [0.05, 0.1) is 12.6 Å². The third kappa shape index (κ3) is 36.7. The fraction of sp³-hybridized carbons (Fsp3) is 0.760. The SMILES string of the molecule is CC(C)C[C@H](NC(=O)[C@H](CCCCN)NC(=O)[C@@H]1CCC/C=C/CC[C@H](NC(=O)[C@H](CCCCN)NC(=O)[C@@H](N)CC(C)C)C(=O)N[C@@H](CCCCN)C(=O)N[C@H]2C/C=C\CC[C@H](NC(=O)[C@H](CCCCN)NC(=O)CNC(=O)[C@H]3CCCN3C(=O)[C@H](CCCCN)NC2=O)C(=O)N[C@@H](CCCCN)C(=O)N1)C(=O)O. The number of carboxylic acid groups (broad SMARTS) is 1. The monoisotopic (exact) mass is 1560 g/mol. The van der Waals surface area contributed by atoms with E-state index in [4.69, 9.17) is 40.1 Å². The molecule has 1 saturated heterocycles. The minimum Gasteiger partial charge on any atom is -0.480 e. The Balaban J connectivity index is 2.42. The zero-order chi connectivity index (χ0) is 81.5. The maximum atomic E-state index is 15.1. The second-order valence-electron chi connectivity index (χ2n) is 29.8. The van der Waals surface area contributed by atoms with Crippen LogP contribution in [0.1, 0.15) is 220 Å². The molecule has 0 aromatic heterocycles. The third-order valence-electron chi connectivity index (χ3n) is 19.5. The number of unbranched alkanes of at least 4 members (excludes halogenated alkanes) is 6. The van der Waals surface area contributed by atoms with E-state index in [1.807, 2.05) is 13.8 Å². The van der Waals surface area contributed by atoms with Crippen LogP contribution in [0.15, 0.2) is 24.3 Å². The molecule has 0 aromatic rings. The van der Waals surface area contributed by atoms with Gasteiger partial charge in [0.1, 0.15) is 72.5 Å². The van der Waals surface area contributed by atoms with Crippen LogP contribution < -0.4 is 104 Å². The number of hydrogen-bond acceptors (Lipinski definition) is 21. The average Bonchev–Trinajstić information content (AvgIpc) is 1.69.